The van der Waals surface area contributed by atoms with Gasteiger partial charge in [0.1, 0.15) is 11.6 Å². The van der Waals surface area contributed by atoms with Crippen LogP contribution in [0.15, 0.2) is 18.2 Å². The predicted molar refractivity (Wildman–Crippen MR) is 70.3 cm³/mol. The van der Waals surface area contributed by atoms with E-state index in [1.54, 1.807) is 13.2 Å². The van der Waals surface area contributed by atoms with Gasteiger partial charge in [-0.2, -0.15) is 0 Å². The van der Waals surface area contributed by atoms with E-state index in [0.717, 1.165) is 37.1 Å². The lowest BCUT2D eigenvalue weighted by molar-refractivity contribution is 0.406. The summed E-state index contributed by atoms with van der Waals surface area (Å²) in [5.74, 6) is 0.525. The summed E-state index contributed by atoms with van der Waals surface area (Å²) in [6.45, 7) is 0.804. The van der Waals surface area contributed by atoms with Gasteiger partial charge in [-0.25, -0.2) is 4.39 Å². The molecule has 0 amide bonds. The number of halogens is 1. The Kier molecular flexibility index (Phi) is 4.55. The molecule has 0 bridgehead atoms. The van der Waals surface area contributed by atoms with Crippen LogP contribution in [0.4, 0.5) is 4.39 Å². The van der Waals surface area contributed by atoms with Crippen molar-refractivity contribution in [3.8, 4) is 5.75 Å². The second kappa shape index (κ2) is 6.16. The maximum absolute atomic E-state index is 13.2. The molecule has 1 aromatic rings. The fourth-order valence-corrected chi connectivity index (χ4v) is 2.58. The quantitative estimate of drug-likeness (QED) is 0.840. The third-order valence-electron chi connectivity index (χ3n) is 3.61. The first-order chi connectivity index (χ1) is 8.70. The van der Waals surface area contributed by atoms with E-state index in [0.29, 0.717) is 6.04 Å². The molecule has 1 fully saturated rings. The molecule has 0 aliphatic heterocycles. The highest BCUT2D eigenvalue weighted by Gasteiger charge is 2.22. The molecule has 4 heteroatoms. The summed E-state index contributed by atoms with van der Waals surface area (Å²) in [5, 5.41) is 3.45. The molecule has 3 N–H and O–H groups in total. The van der Waals surface area contributed by atoms with Gasteiger partial charge in [-0.1, -0.05) is 6.42 Å². The molecule has 2 unspecified atom stereocenters. The van der Waals surface area contributed by atoms with Gasteiger partial charge in [0.05, 0.1) is 7.11 Å². The molecule has 2 rings (SSSR count). The highest BCUT2D eigenvalue weighted by Crippen LogP contribution is 2.20. The minimum Gasteiger partial charge on any atom is -0.496 e. The molecule has 0 heterocycles. The van der Waals surface area contributed by atoms with Crippen molar-refractivity contribution in [1.29, 1.82) is 0 Å². The lowest BCUT2D eigenvalue weighted by Gasteiger charge is -2.17. The van der Waals surface area contributed by atoms with Crippen LogP contribution >= 0.6 is 0 Å². The first kappa shape index (κ1) is 13.3. The van der Waals surface area contributed by atoms with Crippen LogP contribution in [-0.4, -0.2) is 25.7 Å². The van der Waals surface area contributed by atoms with E-state index >= 15 is 0 Å². The third-order valence-corrected chi connectivity index (χ3v) is 3.61. The van der Waals surface area contributed by atoms with Gasteiger partial charge >= 0.3 is 0 Å². The van der Waals surface area contributed by atoms with Crippen molar-refractivity contribution in [1.82, 2.24) is 5.32 Å². The van der Waals surface area contributed by atoms with Crippen LogP contribution in [-0.2, 0) is 6.42 Å². The van der Waals surface area contributed by atoms with Crippen molar-refractivity contribution < 1.29 is 9.13 Å². The van der Waals surface area contributed by atoms with E-state index in [-0.39, 0.29) is 11.9 Å². The van der Waals surface area contributed by atoms with Crippen molar-refractivity contribution in [2.75, 3.05) is 13.7 Å². The molecule has 0 aromatic heterocycles. The number of benzene rings is 1. The van der Waals surface area contributed by atoms with Gasteiger partial charge in [0.25, 0.3) is 0 Å². The summed E-state index contributed by atoms with van der Waals surface area (Å²) in [6, 6.07) is 5.30. The summed E-state index contributed by atoms with van der Waals surface area (Å²) in [4.78, 5) is 0. The fourth-order valence-electron chi connectivity index (χ4n) is 2.58. The Labute approximate surface area is 108 Å². The van der Waals surface area contributed by atoms with Gasteiger partial charge in [-0.3, -0.25) is 0 Å². The second-order valence-electron chi connectivity index (χ2n) is 4.86. The Hall–Kier alpha value is -1.13. The van der Waals surface area contributed by atoms with Gasteiger partial charge in [-0.05, 0) is 49.6 Å². The zero-order valence-electron chi connectivity index (χ0n) is 10.8. The van der Waals surface area contributed by atoms with Crippen molar-refractivity contribution in [3.63, 3.8) is 0 Å². The first-order valence-corrected chi connectivity index (χ1v) is 6.52. The molecule has 1 aliphatic carbocycles. The SMILES string of the molecule is COc1ccc(F)cc1CCNC1CCCC1N. The number of nitrogens with one attached hydrogen (secondary N) is 1. The molecule has 3 nitrogen and oxygen atoms in total. The summed E-state index contributed by atoms with van der Waals surface area (Å²) >= 11 is 0. The van der Waals surface area contributed by atoms with E-state index in [9.17, 15) is 4.39 Å². The predicted octanol–water partition coefficient (Wildman–Crippen LogP) is 1.85. The van der Waals surface area contributed by atoms with Gasteiger partial charge < -0.3 is 15.8 Å². The van der Waals surface area contributed by atoms with Gasteiger partial charge in [-0.15, -0.1) is 0 Å². The molecule has 1 saturated carbocycles. The Balaban J connectivity index is 1.87. The number of hydrogen-bond acceptors (Lipinski definition) is 3. The number of hydrogen-bond donors (Lipinski definition) is 2. The van der Waals surface area contributed by atoms with E-state index in [1.165, 1.54) is 18.6 Å². The summed E-state index contributed by atoms with van der Waals surface area (Å²) < 4.78 is 18.4. The number of ether oxygens (including phenoxy) is 1. The van der Waals surface area contributed by atoms with Crippen LogP contribution in [0.1, 0.15) is 24.8 Å². The standard InChI is InChI=1S/C14H21FN2O/c1-18-14-6-5-11(15)9-10(14)7-8-17-13-4-2-3-12(13)16/h5-6,9,12-13,17H,2-4,7-8,16H2,1H3. The zero-order valence-corrected chi connectivity index (χ0v) is 10.8. The van der Waals surface area contributed by atoms with E-state index in [2.05, 4.69) is 5.32 Å². The normalized spacial score (nSPS) is 23.3. The van der Waals surface area contributed by atoms with E-state index in [1.807, 2.05) is 0 Å². The Bertz CT molecular complexity index is 397. The fraction of sp³-hybridized carbons (Fsp3) is 0.571. The monoisotopic (exact) mass is 252 g/mol. The zero-order chi connectivity index (χ0) is 13.0. The molecule has 1 aliphatic rings. The van der Waals surface area contributed by atoms with Crippen LogP contribution in [0, 0.1) is 5.82 Å². The van der Waals surface area contributed by atoms with E-state index < -0.39 is 0 Å². The summed E-state index contributed by atoms with van der Waals surface area (Å²) in [5.41, 5.74) is 6.89. The van der Waals surface area contributed by atoms with Gasteiger partial charge in [0.2, 0.25) is 0 Å². The van der Waals surface area contributed by atoms with Crippen molar-refractivity contribution in [2.24, 2.45) is 5.73 Å². The molecular formula is C14H21FN2O. The summed E-state index contributed by atoms with van der Waals surface area (Å²) in [6.07, 6.45) is 4.19. The maximum atomic E-state index is 13.2. The molecule has 18 heavy (non-hydrogen) atoms. The van der Waals surface area contributed by atoms with Crippen LogP contribution in [0.2, 0.25) is 0 Å². The molecule has 0 saturated heterocycles. The molecule has 0 spiro atoms. The van der Waals surface area contributed by atoms with Crippen molar-refractivity contribution in [3.05, 3.63) is 29.6 Å². The minimum absolute atomic E-state index is 0.219. The van der Waals surface area contributed by atoms with Crippen LogP contribution in [0.25, 0.3) is 0 Å². The average molecular weight is 252 g/mol. The Morgan fingerprint density at radius 2 is 2.28 bits per heavy atom. The van der Waals surface area contributed by atoms with Crippen LogP contribution in [0.3, 0.4) is 0 Å². The molecule has 2 atom stereocenters. The van der Waals surface area contributed by atoms with Crippen molar-refractivity contribution in [2.45, 2.75) is 37.8 Å². The van der Waals surface area contributed by atoms with Crippen LogP contribution in [0.5, 0.6) is 5.75 Å². The Morgan fingerprint density at radius 1 is 1.44 bits per heavy atom. The molecular weight excluding hydrogens is 231 g/mol. The number of methoxy groups -OCH3 is 1. The van der Waals surface area contributed by atoms with Gasteiger partial charge in [0.15, 0.2) is 0 Å². The smallest absolute Gasteiger partial charge is 0.123 e. The highest BCUT2D eigenvalue weighted by molar-refractivity contribution is 5.34. The Morgan fingerprint density at radius 3 is 2.94 bits per heavy atom. The average Bonchev–Trinajstić information content (AvgIpc) is 2.76. The second-order valence-corrected chi connectivity index (χ2v) is 4.86. The molecule has 100 valence electrons. The summed E-state index contributed by atoms with van der Waals surface area (Å²) in [7, 11) is 1.61. The highest BCUT2D eigenvalue weighted by atomic mass is 19.1. The third kappa shape index (κ3) is 3.21. The lowest BCUT2D eigenvalue weighted by atomic mass is 10.1. The van der Waals surface area contributed by atoms with E-state index in [4.69, 9.17) is 10.5 Å². The maximum Gasteiger partial charge on any atom is 0.123 e. The van der Waals surface area contributed by atoms with Gasteiger partial charge in [0, 0.05) is 12.1 Å². The number of rotatable bonds is 5. The molecule has 1 aromatic carbocycles. The lowest BCUT2D eigenvalue weighted by Crippen LogP contribution is -2.41. The first-order valence-electron chi connectivity index (χ1n) is 6.52. The largest absolute Gasteiger partial charge is 0.496 e. The minimum atomic E-state index is -0.219. The van der Waals surface area contributed by atoms with Crippen LogP contribution < -0.4 is 15.8 Å². The van der Waals surface area contributed by atoms with Crippen molar-refractivity contribution >= 4 is 0 Å². The number of nitrogens with two attached hydrogens (primary N) is 1. The molecule has 0 radical (unpaired) electrons. The topological polar surface area (TPSA) is 47.3 Å².